The molecule has 78 valence electrons. The molecule has 0 radical (unpaired) electrons. The Kier molecular flexibility index (Phi) is 3.24. The highest BCUT2D eigenvalue weighted by atomic mass is 16.1. The molecule has 0 aliphatic heterocycles. The van der Waals surface area contributed by atoms with Crippen molar-refractivity contribution in [3.63, 3.8) is 0 Å². The van der Waals surface area contributed by atoms with Crippen LogP contribution in [0.4, 0.5) is 0 Å². The normalized spacial score (nSPS) is 15.1. The fourth-order valence-corrected chi connectivity index (χ4v) is 1.43. The van der Waals surface area contributed by atoms with E-state index in [1.807, 2.05) is 20.0 Å². The molecule has 0 bridgehead atoms. The van der Waals surface area contributed by atoms with Gasteiger partial charge in [0.1, 0.15) is 6.04 Å². The average molecular weight is 196 g/mol. The molecule has 0 saturated heterocycles. The molecule has 14 heavy (non-hydrogen) atoms. The maximum Gasteiger partial charge on any atom is 0.236 e. The van der Waals surface area contributed by atoms with E-state index in [9.17, 15) is 4.79 Å². The predicted octanol–water partition coefficient (Wildman–Crippen LogP) is -0.174. The van der Waals surface area contributed by atoms with Crippen LogP contribution in [0.2, 0.25) is 0 Å². The lowest BCUT2D eigenvalue weighted by atomic mass is 10.1. The van der Waals surface area contributed by atoms with E-state index in [2.05, 4.69) is 10.4 Å². The van der Waals surface area contributed by atoms with Gasteiger partial charge in [0.25, 0.3) is 0 Å². The van der Waals surface area contributed by atoms with E-state index in [-0.39, 0.29) is 11.9 Å². The van der Waals surface area contributed by atoms with Gasteiger partial charge in [0, 0.05) is 6.20 Å². The second kappa shape index (κ2) is 4.23. The zero-order valence-corrected chi connectivity index (χ0v) is 8.69. The number of aryl methyl sites for hydroxylation is 1. The minimum Gasteiger partial charge on any atom is -0.368 e. The van der Waals surface area contributed by atoms with Crippen LogP contribution in [0.5, 0.6) is 0 Å². The fraction of sp³-hybridized carbons (Fsp3) is 0.556. The number of nitrogens with zero attached hydrogens (tertiary/aromatic N) is 2. The molecule has 0 aliphatic carbocycles. The molecule has 1 aromatic rings. The summed E-state index contributed by atoms with van der Waals surface area (Å²) in [5.74, 6) is -0.367. The SMILES string of the molecule is CNC(C(N)=O)C(C)n1cc(C)cn1. The second-order valence-corrected chi connectivity index (χ2v) is 3.41. The quantitative estimate of drug-likeness (QED) is 0.702. The highest BCUT2D eigenvalue weighted by molar-refractivity contribution is 5.80. The molecular formula is C9H16N4O. The van der Waals surface area contributed by atoms with E-state index in [1.165, 1.54) is 0 Å². The summed E-state index contributed by atoms with van der Waals surface area (Å²) in [6.45, 7) is 3.85. The minimum atomic E-state index is -0.394. The van der Waals surface area contributed by atoms with Crippen LogP contribution < -0.4 is 11.1 Å². The summed E-state index contributed by atoms with van der Waals surface area (Å²) >= 11 is 0. The Bertz CT molecular complexity index is 320. The number of rotatable bonds is 4. The number of primary amides is 1. The first-order chi connectivity index (χ1) is 6.56. The van der Waals surface area contributed by atoms with E-state index in [4.69, 9.17) is 5.73 Å². The van der Waals surface area contributed by atoms with Crippen molar-refractivity contribution in [1.82, 2.24) is 15.1 Å². The number of nitrogens with two attached hydrogens (primary N) is 1. The standard InChI is InChI=1S/C9H16N4O/c1-6-4-12-13(5-6)7(2)8(11-3)9(10)14/h4-5,7-8,11H,1-3H3,(H2,10,14). The Hall–Kier alpha value is -1.36. The first-order valence-corrected chi connectivity index (χ1v) is 4.53. The highest BCUT2D eigenvalue weighted by Crippen LogP contribution is 2.10. The lowest BCUT2D eigenvalue weighted by Crippen LogP contribution is -2.44. The third-order valence-electron chi connectivity index (χ3n) is 2.25. The molecule has 3 N–H and O–H groups in total. The van der Waals surface area contributed by atoms with Crippen molar-refractivity contribution in [2.75, 3.05) is 7.05 Å². The summed E-state index contributed by atoms with van der Waals surface area (Å²) in [4.78, 5) is 11.1. The highest BCUT2D eigenvalue weighted by Gasteiger charge is 2.22. The van der Waals surface area contributed by atoms with Crippen molar-refractivity contribution in [3.8, 4) is 0 Å². The largest absolute Gasteiger partial charge is 0.368 e. The number of hydrogen-bond acceptors (Lipinski definition) is 3. The molecular weight excluding hydrogens is 180 g/mol. The summed E-state index contributed by atoms with van der Waals surface area (Å²) < 4.78 is 1.74. The molecule has 0 fully saturated rings. The van der Waals surface area contributed by atoms with Gasteiger partial charge in [-0.3, -0.25) is 9.48 Å². The van der Waals surface area contributed by atoms with E-state index < -0.39 is 6.04 Å². The molecule has 5 heteroatoms. The van der Waals surface area contributed by atoms with Crippen LogP contribution in [0.15, 0.2) is 12.4 Å². The van der Waals surface area contributed by atoms with Crippen LogP contribution in [0.25, 0.3) is 0 Å². The molecule has 1 aromatic heterocycles. The van der Waals surface area contributed by atoms with Gasteiger partial charge in [0.05, 0.1) is 12.2 Å². The Morgan fingerprint density at radius 1 is 1.71 bits per heavy atom. The van der Waals surface area contributed by atoms with Crippen LogP contribution >= 0.6 is 0 Å². The van der Waals surface area contributed by atoms with Gasteiger partial charge in [-0.25, -0.2) is 0 Å². The summed E-state index contributed by atoms with van der Waals surface area (Å²) in [6.07, 6.45) is 3.64. The minimum absolute atomic E-state index is 0.0776. The van der Waals surface area contributed by atoms with Crippen LogP contribution in [-0.2, 0) is 4.79 Å². The number of hydrogen-bond donors (Lipinski definition) is 2. The monoisotopic (exact) mass is 196 g/mol. The second-order valence-electron chi connectivity index (χ2n) is 3.41. The molecule has 5 nitrogen and oxygen atoms in total. The Morgan fingerprint density at radius 2 is 2.36 bits per heavy atom. The summed E-state index contributed by atoms with van der Waals surface area (Å²) in [5, 5.41) is 7.01. The van der Waals surface area contributed by atoms with E-state index in [0.29, 0.717) is 0 Å². The van der Waals surface area contributed by atoms with Gasteiger partial charge in [-0.05, 0) is 26.5 Å². The molecule has 0 spiro atoms. The zero-order chi connectivity index (χ0) is 10.7. The van der Waals surface area contributed by atoms with Gasteiger partial charge in [0.2, 0.25) is 5.91 Å². The van der Waals surface area contributed by atoms with Gasteiger partial charge in [-0.15, -0.1) is 0 Å². The maximum atomic E-state index is 11.1. The molecule has 0 aliphatic rings. The predicted molar refractivity (Wildman–Crippen MR) is 53.7 cm³/mol. The zero-order valence-electron chi connectivity index (χ0n) is 8.69. The van der Waals surface area contributed by atoms with E-state index in [1.54, 1.807) is 17.9 Å². The molecule has 2 atom stereocenters. The van der Waals surface area contributed by atoms with Crippen molar-refractivity contribution in [3.05, 3.63) is 18.0 Å². The van der Waals surface area contributed by atoms with Crippen LogP contribution in [0.1, 0.15) is 18.5 Å². The molecule has 1 heterocycles. The third kappa shape index (κ3) is 2.11. The van der Waals surface area contributed by atoms with Crippen LogP contribution in [0, 0.1) is 6.92 Å². The van der Waals surface area contributed by atoms with Crippen molar-refractivity contribution >= 4 is 5.91 Å². The van der Waals surface area contributed by atoms with Gasteiger partial charge in [-0.1, -0.05) is 0 Å². The Labute approximate surface area is 83.3 Å². The Balaban J connectivity index is 2.82. The van der Waals surface area contributed by atoms with E-state index in [0.717, 1.165) is 5.56 Å². The lowest BCUT2D eigenvalue weighted by Gasteiger charge is -2.20. The van der Waals surface area contributed by atoms with Crippen molar-refractivity contribution in [1.29, 1.82) is 0 Å². The summed E-state index contributed by atoms with van der Waals surface area (Å²) in [5.41, 5.74) is 6.32. The van der Waals surface area contributed by atoms with Gasteiger partial charge >= 0.3 is 0 Å². The number of likely N-dealkylation sites (N-methyl/N-ethyl adjacent to an activating group) is 1. The summed E-state index contributed by atoms with van der Waals surface area (Å²) in [7, 11) is 1.71. The number of amides is 1. The van der Waals surface area contributed by atoms with Gasteiger partial charge in [0.15, 0.2) is 0 Å². The topological polar surface area (TPSA) is 72.9 Å². The van der Waals surface area contributed by atoms with Gasteiger partial charge in [-0.2, -0.15) is 5.10 Å². The Morgan fingerprint density at radius 3 is 2.71 bits per heavy atom. The summed E-state index contributed by atoms with van der Waals surface area (Å²) in [6, 6.07) is -0.472. The molecule has 0 aromatic carbocycles. The first-order valence-electron chi connectivity index (χ1n) is 4.53. The van der Waals surface area contributed by atoms with Crippen molar-refractivity contribution < 1.29 is 4.79 Å². The van der Waals surface area contributed by atoms with E-state index >= 15 is 0 Å². The average Bonchev–Trinajstić information content (AvgIpc) is 2.52. The number of carbonyl (C=O) groups excluding carboxylic acids is 1. The number of carbonyl (C=O) groups is 1. The maximum absolute atomic E-state index is 11.1. The van der Waals surface area contributed by atoms with Crippen molar-refractivity contribution in [2.45, 2.75) is 25.9 Å². The fourth-order valence-electron chi connectivity index (χ4n) is 1.43. The molecule has 1 rings (SSSR count). The van der Waals surface area contributed by atoms with Crippen LogP contribution in [0.3, 0.4) is 0 Å². The molecule has 1 amide bonds. The van der Waals surface area contributed by atoms with Crippen molar-refractivity contribution in [2.24, 2.45) is 5.73 Å². The smallest absolute Gasteiger partial charge is 0.236 e. The number of aromatic nitrogens is 2. The third-order valence-corrected chi connectivity index (χ3v) is 2.25. The molecule has 0 saturated carbocycles. The lowest BCUT2D eigenvalue weighted by molar-refractivity contribution is -0.120. The van der Waals surface area contributed by atoms with Gasteiger partial charge < -0.3 is 11.1 Å². The molecule has 2 unspecified atom stereocenters. The number of nitrogens with one attached hydrogen (secondary N) is 1. The first kappa shape index (κ1) is 10.7. The van der Waals surface area contributed by atoms with Crippen LogP contribution in [-0.4, -0.2) is 28.8 Å².